The summed E-state index contributed by atoms with van der Waals surface area (Å²) in [7, 11) is 3.92. The minimum atomic E-state index is 0.810. The van der Waals surface area contributed by atoms with Crippen molar-refractivity contribution in [3.8, 4) is 5.75 Å². The SMILES string of the molecule is COc1ccc(CCN2CCC(CN(C)Cc3cnc[nH]3)CC2)cc1. The molecule has 1 aliphatic heterocycles. The number of rotatable bonds is 8. The predicted molar refractivity (Wildman–Crippen MR) is 101 cm³/mol. The van der Waals surface area contributed by atoms with Crippen LogP contribution in [0.4, 0.5) is 0 Å². The van der Waals surface area contributed by atoms with E-state index in [-0.39, 0.29) is 0 Å². The molecule has 2 heterocycles. The van der Waals surface area contributed by atoms with E-state index in [0.717, 1.165) is 31.2 Å². The van der Waals surface area contributed by atoms with E-state index in [9.17, 15) is 0 Å². The summed E-state index contributed by atoms with van der Waals surface area (Å²) in [6.45, 7) is 5.73. The van der Waals surface area contributed by atoms with Crippen molar-refractivity contribution >= 4 is 0 Å². The third-order valence-electron chi connectivity index (χ3n) is 5.15. The van der Waals surface area contributed by atoms with Gasteiger partial charge in [0.05, 0.1) is 13.4 Å². The molecule has 136 valence electrons. The Balaban J connectivity index is 1.35. The number of ether oxygens (including phenoxy) is 1. The molecule has 1 aromatic carbocycles. The maximum Gasteiger partial charge on any atom is 0.118 e. The summed E-state index contributed by atoms with van der Waals surface area (Å²) in [4.78, 5) is 12.3. The van der Waals surface area contributed by atoms with Gasteiger partial charge in [0.2, 0.25) is 0 Å². The zero-order valence-corrected chi connectivity index (χ0v) is 15.4. The number of hydrogen-bond donors (Lipinski definition) is 1. The quantitative estimate of drug-likeness (QED) is 0.801. The van der Waals surface area contributed by atoms with Crippen LogP contribution in [0.5, 0.6) is 5.75 Å². The molecule has 1 saturated heterocycles. The number of imidazole rings is 1. The first-order valence-corrected chi connectivity index (χ1v) is 9.24. The fraction of sp³-hybridized carbons (Fsp3) is 0.550. The Bertz CT molecular complexity index is 603. The van der Waals surface area contributed by atoms with E-state index in [1.54, 1.807) is 13.4 Å². The first kappa shape index (κ1) is 18.0. The van der Waals surface area contributed by atoms with Gasteiger partial charge in [0.15, 0.2) is 0 Å². The molecule has 0 saturated carbocycles. The molecule has 5 nitrogen and oxygen atoms in total. The smallest absolute Gasteiger partial charge is 0.118 e. The van der Waals surface area contributed by atoms with Crippen LogP contribution in [-0.4, -0.2) is 60.1 Å². The molecule has 0 unspecified atom stereocenters. The second-order valence-corrected chi connectivity index (χ2v) is 7.16. The van der Waals surface area contributed by atoms with E-state index in [1.165, 1.54) is 43.7 Å². The molecule has 2 aromatic rings. The number of aromatic nitrogens is 2. The summed E-state index contributed by atoms with van der Waals surface area (Å²) < 4.78 is 5.22. The lowest BCUT2D eigenvalue weighted by atomic mass is 9.96. The maximum absolute atomic E-state index is 5.22. The number of H-pyrrole nitrogens is 1. The highest BCUT2D eigenvalue weighted by atomic mass is 16.5. The molecule has 0 bridgehead atoms. The van der Waals surface area contributed by atoms with Crippen LogP contribution < -0.4 is 4.74 Å². The lowest BCUT2D eigenvalue weighted by Crippen LogP contribution is -2.38. The van der Waals surface area contributed by atoms with Crippen molar-refractivity contribution in [1.82, 2.24) is 19.8 Å². The van der Waals surface area contributed by atoms with Crippen LogP contribution in [0.3, 0.4) is 0 Å². The topological polar surface area (TPSA) is 44.4 Å². The van der Waals surface area contributed by atoms with E-state index < -0.39 is 0 Å². The van der Waals surface area contributed by atoms with E-state index in [0.29, 0.717) is 0 Å². The Hall–Kier alpha value is -1.85. The normalized spacial score (nSPS) is 16.4. The predicted octanol–water partition coefficient (Wildman–Crippen LogP) is 2.80. The van der Waals surface area contributed by atoms with Crippen molar-refractivity contribution in [3.05, 3.63) is 48.0 Å². The van der Waals surface area contributed by atoms with Crippen LogP contribution in [0.25, 0.3) is 0 Å². The van der Waals surface area contributed by atoms with Crippen LogP contribution in [-0.2, 0) is 13.0 Å². The van der Waals surface area contributed by atoms with Gasteiger partial charge in [0, 0.05) is 31.5 Å². The van der Waals surface area contributed by atoms with Gasteiger partial charge in [0.1, 0.15) is 5.75 Å². The van der Waals surface area contributed by atoms with Crippen LogP contribution >= 0.6 is 0 Å². The molecule has 0 radical (unpaired) electrons. The fourth-order valence-electron chi connectivity index (χ4n) is 3.64. The second kappa shape index (κ2) is 9.02. The Kier molecular flexibility index (Phi) is 6.48. The van der Waals surface area contributed by atoms with E-state index >= 15 is 0 Å². The lowest BCUT2D eigenvalue weighted by molar-refractivity contribution is 0.153. The maximum atomic E-state index is 5.22. The first-order valence-electron chi connectivity index (χ1n) is 9.24. The Labute approximate surface area is 151 Å². The van der Waals surface area contributed by atoms with Crippen LogP contribution in [0.15, 0.2) is 36.8 Å². The zero-order chi connectivity index (χ0) is 17.5. The highest BCUT2D eigenvalue weighted by molar-refractivity contribution is 5.27. The standard InChI is InChI=1S/C20H30N4O/c1-23(15-19-13-21-16-22-19)14-18-8-11-24(12-9-18)10-7-17-3-5-20(25-2)6-4-17/h3-6,13,16,18H,7-12,14-15H2,1-2H3,(H,21,22). The molecule has 25 heavy (non-hydrogen) atoms. The average molecular weight is 342 g/mol. The molecular weight excluding hydrogens is 312 g/mol. The van der Waals surface area contributed by atoms with Crippen molar-refractivity contribution in [3.63, 3.8) is 0 Å². The monoisotopic (exact) mass is 342 g/mol. The van der Waals surface area contributed by atoms with Crippen molar-refractivity contribution in [2.75, 3.05) is 40.3 Å². The number of methoxy groups -OCH3 is 1. The molecule has 0 amide bonds. The summed E-state index contributed by atoms with van der Waals surface area (Å²) in [5.41, 5.74) is 2.58. The molecule has 1 aliphatic rings. The molecule has 3 rings (SSSR count). The van der Waals surface area contributed by atoms with Gasteiger partial charge in [0.25, 0.3) is 0 Å². The van der Waals surface area contributed by atoms with Gasteiger partial charge in [-0.15, -0.1) is 0 Å². The molecule has 1 aromatic heterocycles. The van der Waals surface area contributed by atoms with Crippen molar-refractivity contribution in [1.29, 1.82) is 0 Å². The zero-order valence-electron chi connectivity index (χ0n) is 15.4. The summed E-state index contributed by atoms with van der Waals surface area (Å²) >= 11 is 0. The molecule has 0 spiro atoms. The lowest BCUT2D eigenvalue weighted by Gasteiger charge is -2.33. The van der Waals surface area contributed by atoms with Gasteiger partial charge in [-0.2, -0.15) is 0 Å². The number of aromatic amines is 1. The summed E-state index contributed by atoms with van der Waals surface area (Å²) in [5.74, 6) is 1.74. The number of piperidine rings is 1. The average Bonchev–Trinajstić information content (AvgIpc) is 3.14. The summed E-state index contributed by atoms with van der Waals surface area (Å²) in [5, 5.41) is 0. The Morgan fingerprint density at radius 2 is 2.00 bits per heavy atom. The molecule has 5 heteroatoms. The Morgan fingerprint density at radius 1 is 1.24 bits per heavy atom. The van der Waals surface area contributed by atoms with Gasteiger partial charge in [-0.05, 0) is 63.0 Å². The van der Waals surface area contributed by atoms with Crippen molar-refractivity contribution in [2.24, 2.45) is 5.92 Å². The van der Waals surface area contributed by atoms with Crippen LogP contribution in [0.1, 0.15) is 24.1 Å². The van der Waals surface area contributed by atoms with E-state index in [1.807, 2.05) is 6.20 Å². The molecule has 1 fully saturated rings. The second-order valence-electron chi connectivity index (χ2n) is 7.16. The van der Waals surface area contributed by atoms with Gasteiger partial charge in [-0.1, -0.05) is 12.1 Å². The minimum absolute atomic E-state index is 0.810. The highest BCUT2D eigenvalue weighted by Gasteiger charge is 2.20. The number of nitrogens with zero attached hydrogens (tertiary/aromatic N) is 3. The van der Waals surface area contributed by atoms with Crippen LogP contribution in [0, 0.1) is 5.92 Å². The number of benzene rings is 1. The first-order chi connectivity index (χ1) is 12.2. The third kappa shape index (κ3) is 5.58. The highest BCUT2D eigenvalue weighted by Crippen LogP contribution is 2.19. The van der Waals surface area contributed by atoms with Crippen LogP contribution in [0.2, 0.25) is 0 Å². The summed E-state index contributed by atoms with van der Waals surface area (Å²) in [6, 6.07) is 8.46. The molecule has 0 aliphatic carbocycles. The third-order valence-corrected chi connectivity index (χ3v) is 5.15. The minimum Gasteiger partial charge on any atom is -0.497 e. The number of likely N-dealkylation sites (tertiary alicyclic amines) is 1. The number of hydrogen-bond acceptors (Lipinski definition) is 4. The molecular formula is C20H30N4O. The molecule has 1 N–H and O–H groups in total. The summed E-state index contributed by atoms with van der Waals surface area (Å²) in [6.07, 6.45) is 7.39. The van der Waals surface area contributed by atoms with E-state index in [4.69, 9.17) is 4.74 Å². The molecule has 0 atom stereocenters. The van der Waals surface area contributed by atoms with Gasteiger partial charge >= 0.3 is 0 Å². The largest absolute Gasteiger partial charge is 0.497 e. The van der Waals surface area contributed by atoms with Gasteiger partial charge in [-0.25, -0.2) is 4.98 Å². The number of nitrogens with one attached hydrogen (secondary N) is 1. The van der Waals surface area contributed by atoms with Crippen molar-refractivity contribution < 1.29 is 4.74 Å². The van der Waals surface area contributed by atoms with Crippen molar-refractivity contribution in [2.45, 2.75) is 25.8 Å². The van der Waals surface area contributed by atoms with E-state index in [2.05, 4.69) is 51.1 Å². The fourth-order valence-corrected chi connectivity index (χ4v) is 3.64. The van der Waals surface area contributed by atoms with Gasteiger partial charge in [-0.3, -0.25) is 0 Å². The van der Waals surface area contributed by atoms with Gasteiger partial charge < -0.3 is 19.5 Å². The Morgan fingerprint density at radius 3 is 2.64 bits per heavy atom.